The molecule has 1 aliphatic carbocycles. The van der Waals surface area contributed by atoms with Crippen LogP contribution in [0.5, 0.6) is 5.75 Å². The highest BCUT2D eigenvalue weighted by Crippen LogP contribution is 2.55. The second kappa shape index (κ2) is 10.7. The minimum absolute atomic E-state index is 0.0927. The van der Waals surface area contributed by atoms with Crippen LogP contribution in [0.4, 0.5) is 5.69 Å². The van der Waals surface area contributed by atoms with E-state index in [-0.39, 0.29) is 23.8 Å². The van der Waals surface area contributed by atoms with Gasteiger partial charge in [0, 0.05) is 18.3 Å². The Bertz CT molecular complexity index is 1090. The summed E-state index contributed by atoms with van der Waals surface area (Å²) in [5.74, 6) is -0.542. The first-order valence-corrected chi connectivity index (χ1v) is 14.3. The van der Waals surface area contributed by atoms with Gasteiger partial charge < -0.3 is 25.0 Å². The van der Waals surface area contributed by atoms with Crippen LogP contribution in [0.25, 0.3) is 0 Å². The average molecular weight is 524 g/mol. The molecule has 0 unspecified atom stereocenters. The summed E-state index contributed by atoms with van der Waals surface area (Å²) < 4.78 is 11.9. The predicted molar refractivity (Wildman–Crippen MR) is 144 cm³/mol. The molecule has 206 valence electrons. The van der Waals surface area contributed by atoms with Gasteiger partial charge in [0.15, 0.2) is 0 Å². The third-order valence-corrected chi connectivity index (χ3v) is 8.74. The number of likely N-dealkylation sites (tertiary alicyclic amines) is 1. The summed E-state index contributed by atoms with van der Waals surface area (Å²) in [7, 11) is 0. The van der Waals surface area contributed by atoms with Gasteiger partial charge in [-0.05, 0) is 62.3 Å². The SMILES string of the molecule is CCOc1ccc(NC(=O)[C@@H]2[C@@H]3C=C[C@]4(O3)[C@@H]2C(=O)N(CCC(C)C)[C@H]4C(=O)N[C@@H]2CCCC[C@H]2C)cc1. The third kappa shape index (κ3) is 4.72. The maximum atomic E-state index is 14.0. The molecule has 1 saturated carbocycles. The van der Waals surface area contributed by atoms with Crippen LogP contribution in [0.2, 0.25) is 0 Å². The number of hydrogen-bond donors (Lipinski definition) is 2. The summed E-state index contributed by atoms with van der Waals surface area (Å²) in [5.41, 5.74) is -0.497. The Morgan fingerprint density at radius 3 is 2.58 bits per heavy atom. The molecule has 8 heteroatoms. The van der Waals surface area contributed by atoms with E-state index in [0.29, 0.717) is 30.7 Å². The molecule has 7 atom stereocenters. The van der Waals surface area contributed by atoms with Gasteiger partial charge in [-0.15, -0.1) is 0 Å². The number of carbonyl (C=O) groups excluding carboxylic acids is 3. The summed E-state index contributed by atoms with van der Waals surface area (Å²) in [5, 5.41) is 6.25. The smallest absolute Gasteiger partial charge is 0.246 e. The Balaban J connectivity index is 1.40. The van der Waals surface area contributed by atoms with E-state index in [9.17, 15) is 14.4 Å². The molecule has 2 saturated heterocycles. The Labute approximate surface area is 225 Å². The number of nitrogens with zero attached hydrogens (tertiary/aromatic N) is 1. The van der Waals surface area contributed by atoms with Crippen molar-refractivity contribution in [1.82, 2.24) is 10.2 Å². The zero-order valence-electron chi connectivity index (χ0n) is 22.9. The highest BCUT2D eigenvalue weighted by molar-refractivity contribution is 6.02. The number of hydrogen-bond acceptors (Lipinski definition) is 5. The zero-order chi connectivity index (χ0) is 27.0. The van der Waals surface area contributed by atoms with Gasteiger partial charge in [-0.1, -0.05) is 45.8 Å². The number of anilines is 1. The van der Waals surface area contributed by atoms with Crippen molar-refractivity contribution in [2.45, 2.75) is 83.6 Å². The van der Waals surface area contributed by atoms with E-state index in [1.807, 2.05) is 19.1 Å². The largest absolute Gasteiger partial charge is 0.494 e. The molecule has 3 aliphatic heterocycles. The van der Waals surface area contributed by atoms with E-state index >= 15 is 0 Å². The van der Waals surface area contributed by atoms with Gasteiger partial charge in [-0.25, -0.2) is 0 Å². The molecule has 3 fully saturated rings. The molecule has 5 rings (SSSR count). The quantitative estimate of drug-likeness (QED) is 0.479. The molecule has 1 aromatic carbocycles. The van der Waals surface area contributed by atoms with Gasteiger partial charge in [0.2, 0.25) is 17.7 Å². The fourth-order valence-electron chi connectivity index (χ4n) is 6.72. The van der Waals surface area contributed by atoms with Crippen molar-refractivity contribution in [2.24, 2.45) is 23.7 Å². The van der Waals surface area contributed by atoms with Gasteiger partial charge in [0.1, 0.15) is 17.4 Å². The van der Waals surface area contributed by atoms with Crippen LogP contribution >= 0.6 is 0 Å². The van der Waals surface area contributed by atoms with Crippen molar-refractivity contribution in [2.75, 3.05) is 18.5 Å². The van der Waals surface area contributed by atoms with E-state index in [0.717, 1.165) is 31.4 Å². The summed E-state index contributed by atoms with van der Waals surface area (Å²) in [6.07, 6.45) is 8.29. The summed E-state index contributed by atoms with van der Waals surface area (Å²) >= 11 is 0. The maximum Gasteiger partial charge on any atom is 0.246 e. The van der Waals surface area contributed by atoms with Crippen molar-refractivity contribution in [3.8, 4) is 5.75 Å². The second-order valence-electron chi connectivity index (χ2n) is 11.7. The molecule has 0 aromatic heterocycles. The van der Waals surface area contributed by atoms with E-state index < -0.39 is 29.6 Å². The van der Waals surface area contributed by atoms with Gasteiger partial charge in [0.25, 0.3) is 0 Å². The molecule has 1 spiro atoms. The Morgan fingerprint density at radius 2 is 1.89 bits per heavy atom. The van der Waals surface area contributed by atoms with Crippen molar-refractivity contribution in [3.63, 3.8) is 0 Å². The zero-order valence-corrected chi connectivity index (χ0v) is 22.9. The number of fused-ring (bicyclic) bond motifs is 1. The normalized spacial score (nSPS) is 33.5. The molecular weight excluding hydrogens is 482 g/mol. The second-order valence-corrected chi connectivity index (χ2v) is 11.7. The summed E-state index contributed by atoms with van der Waals surface area (Å²) in [6, 6.07) is 6.50. The first kappa shape index (κ1) is 26.7. The average Bonchev–Trinajstić information content (AvgIpc) is 3.52. The minimum Gasteiger partial charge on any atom is -0.494 e. The van der Waals surface area contributed by atoms with Crippen molar-refractivity contribution < 1.29 is 23.9 Å². The Hall–Kier alpha value is -2.87. The fraction of sp³-hybridized carbons (Fsp3) is 0.633. The van der Waals surface area contributed by atoms with Crippen LogP contribution in [0.3, 0.4) is 0 Å². The fourth-order valence-corrected chi connectivity index (χ4v) is 6.72. The topological polar surface area (TPSA) is 97.0 Å². The van der Waals surface area contributed by atoms with Gasteiger partial charge >= 0.3 is 0 Å². The van der Waals surface area contributed by atoms with Crippen LogP contribution in [0.1, 0.15) is 59.8 Å². The van der Waals surface area contributed by atoms with Crippen molar-refractivity contribution in [1.29, 1.82) is 0 Å². The molecule has 2 bridgehead atoms. The molecule has 3 heterocycles. The lowest BCUT2D eigenvalue weighted by atomic mass is 9.74. The first-order valence-electron chi connectivity index (χ1n) is 14.3. The van der Waals surface area contributed by atoms with Crippen molar-refractivity contribution >= 4 is 23.4 Å². The summed E-state index contributed by atoms with van der Waals surface area (Å²) in [6.45, 7) is 9.33. The van der Waals surface area contributed by atoms with E-state index in [4.69, 9.17) is 9.47 Å². The van der Waals surface area contributed by atoms with Gasteiger partial charge in [-0.2, -0.15) is 0 Å². The lowest BCUT2D eigenvalue weighted by molar-refractivity contribution is -0.141. The number of rotatable bonds is 9. The number of nitrogens with one attached hydrogen (secondary N) is 2. The molecular formula is C30H41N3O5. The van der Waals surface area contributed by atoms with Crippen molar-refractivity contribution in [3.05, 3.63) is 36.4 Å². The number of benzene rings is 1. The molecule has 0 radical (unpaired) electrons. The lowest BCUT2D eigenvalue weighted by Crippen LogP contribution is -2.57. The van der Waals surface area contributed by atoms with Crippen LogP contribution < -0.4 is 15.4 Å². The molecule has 38 heavy (non-hydrogen) atoms. The van der Waals surface area contributed by atoms with E-state index in [1.54, 1.807) is 29.2 Å². The minimum atomic E-state index is -1.12. The summed E-state index contributed by atoms with van der Waals surface area (Å²) in [4.78, 5) is 43.2. The highest BCUT2D eigenvalue weighted by atomic mass is 16.5. The van der Waals surface area contributed by atoms with E-state index in [2.05, 4.69) is 31.4 Å². The van der Waals surface area contributed by atoms with Crippen LogP contribution in [0, 0.1) is 23.7 Å². The monoisotopic (exact) mass is 523 g/mol. The van der Waals surface area contributed by atoms with Gasteiger partial charge in [0.05, 0.1) is 24.5 Å². The lowest BCUT2D eigenvalue weighted by Gasteiger charge is -2.36. The molecule has 8 nitrogen and oxygen atoms in total. The maximum absolute atomic E-state index is 14.0. The number of amides is 3. The highest BCUT2D eigenvalue weighted by Gasteiger charge is 2.72. The Morgan fingerprint density at radius 1 is 1.16 bits per heavy atom. The van der Waals surface area contributed by atoms with Crippen LogP contribution in [-0.4, -0.2) is 59.6 Å². The molecule has 2 N–H and O–H groups in total. The van der Waals surface area contributed by atoms with Crippen LogP contribution in [0.15, 0.2) is 36.4 Å². The predicted octanol–water partition coefficient (Wildman–Crippen LogP) is 3.92. The standard InChI is InChI=1S/C30H41N3O5/c1-5-37-21-12-10-20(11-13-21)31-27(34)24-23-14-16-30(38-23)25(24)29(36)33(17-15-18(2)3)26(30)28(35)32-22-9-7-6-8-19(22)4/h10-14,16,18-19,22-26H,5-9,15,17H2,1-4H3,(H,31,34)(H,32,35)/t19-,22-,23+,24-,25+,26+,30+/m1/s1. The molecule has 4 aliphatic rings. The van der Waals surface area contributed by atoms with Crippen LogP contribution in [-0.2, 0) is 19.1 Å². The first-order chi connectivity index (χ1) is 18.2. The number of ether oxygens (including phenoxy) is 2. The third-order valence-electron chi connectivity index (χ3n) is 8.74. The Kier molecular flexibility index (Phi) is 7.54. The number of carbonyl (C=O) groups is 3. The molecule has 3 amide bonds. The van der Waals surface area contributed by atoms with Gasteiger partial charge in [-0.3, -0.25) is 14.4 Å². The molecule has 1 aromatic rings. The van der Waals surface area contributed by atoms with E-state index in [1.165, 1.54) is 6.42 Å².